The zero-order chi connectivity index (χ0) is 15.5. The van der Waals surface area contributed by atoms with E-state index < -0.39 is 0 Å². The molecule has 22 heavy (non-hydrogen) atoms. The first kappa shape index (κ1) is 15.5. The standard InChI is InChI=1S/C18H26N2O2/c1-2-22-18(21)15-7-5-14(6-8-15)16-9-17(19)12-20(11-16)10-13-3-4-13/h5-8,13,16-17H,2-4,9-12,19H2,1H3/t16-,17+/m0/s1. The Labute approximate surface area is 132 Å². The molecule has 2 atom stereocenters. The van der Waals surface area contributed by atoms with E-state index in [2.05, 4.69) is 17.0 Å². The van der Waals surface area contributed by atoms with E-state index in [9.17, 15) is 4.79 Å². The number of hydrogen-bond donors (Lipinski definition) is 1. The van der Waals surface area contributed by atoms with Crippen LogP contribution in [0.3, 0.4) is 0 Å². The van der Waals surface area contributed by atoms with Gasteiger partial charge in [0.1, 0.15) is 0 Å². The lowest BCUT2D eigenvalue weighted by Crippen LogP contribution is -2.46. The molecular weight excluding hydrogens is 276 g/mol. The van der Waals surface area contributed by atoms with E-state index in [4.69, 9.17) is 10.5 Å². The van der Waals surface area contributed by atoms with Crippen molar-refractivity contribution in [2.24, 2.45) is 11.7 Å². The molecule has 1 saturated carbocycles. The summed E-state index contributed by atoms with van der Waals surface area (Å²) in [5.41, 5.74) is 8.16. The fraction of sp³-hybridized carbons (Fsp3) is 0.611. The minimum atomic E-state index is -0.246. The number of rotatable bonds is 5. The Bertz CT molecular complexity index is 508. The van der Waals surface area contributed by atoms with Crippen molar-refractivity contribution < 1.29 is 9.53 Å². The smallest absolute Gasteiger partial charge is 0.338 e. The van der Waals surface area contributed by atoms with Crippen molar-refractivity contribution in [2.45, 2.75) is 38.1 Å². The molecule has 1 saturated heterocycles. The molecule has 0 aromatic heterocycles. The molecule has 3 rings (SSSR count). The molecule has 1 heterocycles. The van der Waals surface area contributed by atoms with Gasteiger partial charge in [0, 0.05) is 25.7 Å². The van der Waals surface area contributed by atoms with Gasteiger partial charge in [0.25, 0.3) is 0 Å². The molecule has 0 spiro atoms. The van der Waals surface area contributed by atoms with Gasteiger partial charge in [-0.05, 0) is 55.7 Å². The van der Waals surface area contributed by atoms with Gasteiger partial charge >= 0.3 is 5.97 Å². The molecule has 120 valence electrons. The molecule has 0 unspecified atom stereocenters. The van der Waals surface area contributed by atoms with Crippen LogP contribution in [0.2, 0.25) is 0 Å². The van der Waals surface area contributed by atoms with Crippen LogP contribution in [-0.2, 0) is 4.74 Å². The third kappa shape index (κ3) is 3.87. The van der Waals surface area contributed by atoms with Crippen LogP contribution in [0.15, 0.2) is 24.3 Å². The number of esters is 1. The number of piperidine rings is 1. The van der Waals surface area contributed by atoms with E-state index in [0.29, 0.717) is 18.1 Å². The molecule has 4 heteroatoms. The quantitative estimate of drug-likeness (QED) is 0.849. The zero-order valence-corrected chi connectivity index (χ0v) is 13.3. The minimum Gasteiger partial charge on any atom is -0.462 e. The summed E-state index contributed by atoms with van der Waals surface area (Å²) < 4.78 is 5.03. The first-order valence-electron chi connectivity index (χ1n) is 8.40. The molecule has 4 nitrogen and oxygen atoms in total. The van der Waals surface area contributed by atoms with E-state index in [-0.39, 0.29) is 12.0 Å². The van der Waals surface area contributed by atoms with Gasteiger partial charge in [-0.25, -0.2) is 4.79 Å². The number of hydrogen-bond acceptors (Lipinski definition) is 4. The van der Waals surface area contributed by atoms with Crippen molar-refractivity contribution in [3.63, 3.8) is 0 Å². The second-order valence-corrected chi connectivity index (χ2v) is 6.70. The number of nitrogens with two attached hydrogens (primary N) is 1. The van der Waals surface area contributed by atoms with Crippen LogP contribution in [-0.4, -0.2) is 43.2 Å². The van der Waals surface area contributed by atoms with Gasteiger partial charge in [-0.2, -0.15) is 0 Å². The summed E-state index contributed by atoms with van der Waals surface area (Å²) in [6.45, 7) is 5.54. The zero-order valence-electron chi connectivity index (χ0n) is 13.3. The molecule has 0 bridgehead atoms. The highest BCUT2D eigenvalue weighted by Gasteiger charge is 2.30. The predicted octanol–water partition coefficient (Wildman–Crippen LogP) is 2.39. The molecule has 2 aliphatic rings. The highest BCUT2D eigenvalue weighted by atomic mass is 16.5. The second-order valence-electron chi connectivity index (χ2n) is 6.70. The van der Waals surface area contributed by atoms with Gasteiger partial charge in [-0.3, -0.25) is 0 Å². The van der Waals surface area contributed by atoms with Gasteiger partial charge < -0.3 is 15.4 Å². The Morgan fingerprint density at radius 3 is 2.64 bits per heavy atom. The SMILES string of the molecule is CCOC(=O)c1ccc([C@H]2C[C@@H](N)CN(CC3CC3)C2)cc1. The predicted molar refractivity (Wildman–Crippen MR) is 86.9 cm³/mol. The monoisotopic (exact) mass is 302 g/mol. The van der Waals surface area contributed by atoms with Crippen molar-refractivity contribution in [3.05, 3.63) is 35.4 Å². The van der Waals surface area contributed by atoms with E-state index in [0.717, 1.165) is 25.4 Å². The molecule has 1 aromatic carbocycles. The van der Waals surface area contributed by atoms with Gasteiger partial charge in [0.15, 0.2) is 0 Å². The lowest BCUT2D eigenvalue weighted by molar-refractivity contribution is 0.0526. The van der Waals surface area contributed by atoms with Crippen LogP contribution in [0.5, 0.6) is 0 Å². The number of benzene rings is 1. The molecule has 2 N–H and O–H groups in total. The average molecular weight is 302 g/mol. The van der Waals surface area contributed by atoms with Crippen molar-refractivity contribution >= 4 is 5.97 Å². The van der Waals surface area contributed by atoms with Gasteiger partial charge in [-0.15, -0.1) is 0 Å². The maximum Gasteiger partial charge on any atom is 0.338 e. The van der Waals surface area contributed by atoms with Crippen LogP contribution in [0.25, 0.3) is 0 Å². The summed E-state index contributed by atoms with van der Waals surface area (Å²) in [6.07, 6.45) is 3.79. The Kier molecular flexibility index (Phi) is 4.79. The van der Waals surface area contributed by atoms with Crippen molar-refractivity contribution in [3.8, 4) is 0 Å². The van der Waals surface area contributed by atoms with Crippen LogP contribution < -0.4 is 5.73 Å². The van der Waals surface area contributed by atoms with Crippen molar-refractivity contribution in [1.29, 1.82) is 0 Å². The summed E-state index contributed by atoms with van der Waals surface area (Å²) >= 11 is 0. The van der Waals surface area contributed by atoms with E-state index in [1.54, 1.807) is 0 Å². The molecular formula is C18H26N2O2. The first-order valence-corrected chi connectivity index (χ1v) is 8.40. The van der Waals surface area contributed by atoms with Crippen LogP contribution in [0.1, 0.15) is 48.0 Å². The molecule has 1 aliphatic carbocycles. The molecule has 1 aliphatic heterocycles. The van der Waals surface area contributed by atoms with Crippen molar-refractivity contribution in [2.75, 3.05) is 26.2 Å². The Morgan fingerprint density at radius 1 is 1.27 bits per heavy atom. The summed E-state index contributed by atoms with van der Waals surface area (Å²) in [5.74, 6) is 1.13. The lowest BCUT2D eigenvalue weighted by atomic mass is 9.88. The number of nitrogens with zero attached hydrogens (tertiary/aromatic N) is 1. The highest BCUT2D eigenvalue weighted by Crippen LogP contribution is 2.33. The Morgan fingerprint density at radius 2 is 2.00 bits per heavy atom. The third-order valence-corrected chi connectivity index (χ3v) is 4.67. The Balaban J connectivity index is 1.65. The minimum absolute atomic E-state index is 0.246. The number of carbonyl (C=O) groups excluding carboxylic acids is 1. The van der Waals surface area contributed by atoms with Crippen LogP contribution >= 0.6 is 0 Å². The summed E-state index contributed by atoms with van der Waals surface area (Å²) in [5, 5.41) is 0. The highest BCUT2D eigenvalue weighted by molar-refractivity contribution is 5.89. The van der Waals surface area contributed by atoms with E-state index in [1.165, 1.54) is 24.9 Å². The maximum absolute atomic E-state index is 11.7. The van der Waals surface area contributed by atoms with Crippen LogP contribution in [0, 0.1) is 5.92 Å². The lowest BCUT2D eigenvalue weighted by Gasteiger charge is -2.36. The molecule has 1 aromatic rings. The topological polar surface area (TPSA) is 55.6 Å². The Hall–Kier alpha value is -1.39. The first-order chi connectivity index (χ1) is 10.7. The largest absolute Gasteiger partial charge is 0.462 e. The van der Waals surface area contributed by atoms with Gasteiger partial charge in [0.2, 0.25) is 0 Å². The maximum atomic E-state index is 11.7. The average Bonchev–Trinajstić information content (AvgIpc) is 3.31. The summed E-state index contributed by atoms with van der Waals surface area (Å²) in [7, 11) is 0. The molecule has 0 radical (unpaired) electrons. The summed E-state index contributed by atoms with van der Waals surface area (Å²) in [4.78, 5) is 14.2. The number of carbonyl (C=O) groups is 1. The van der Waals surface area contributed by atoms with Gasteiger partial charge in [-0.1, -0.05) is 12.1 Å². The number of likely N-dealkylation sites (tertiary alicyclic amines) is 1. The third-order valence-electron chi connectivity index (χ3n) is 4.67. The molecule has 2 fully saturated rings. The van der Waals surface area contributed by atoms with Crippen LogP contribution in [0.4, 0.5) is 0 Å². The number of ether oxygens (including phenoxy) is 1. The van der Waals surface area contributed by atoms with E-state index in [1.807, 2.05) is 19.1 Å². The molecule has 0 amide bonds. The normalized spacial score (nSPS) is 25.9. The fourth-order valence-corrected chi connectivity index (χ4v) is 3.39. The van der Waals surface area contributed by atoms with Gasteiger partial charge in [0.05, 0.1) is 12.2 Å². The fourth-order valence-electron chi connectivity index (χ4n) is 3.39. The van der Waals surface area contributed by atoms with Crippen molar-refractivity contribution in [1.82, 2.24) is 4.90 Å². The van der Waals surface area contributed by atoms with E-state index >= 15 is 0 Å². The summed E-state index contributed by atoms with van der Waals surface area (Å²) in [6, 6.07) is 8.12. The second kappa shape index (κ2) is 6.80.